The van der Waals surface area contributed by atoms with Gasteiger partial charge in [-0.1, -0.05) is 20.8 Å². The van der Waals surface area contributed by atoms with E-state index in [1.165, 1.54) is 25.7 Å². The first-order chi connectivity index (χ1) is 13.2. The smallest absolute Gasteiger partial charge is 0.303 e. The van der Waals surface area contributed by atoms with Crippen molar-refractivity contribution in [3.05, 3.63) is 0 Å². The summed E-state index contributed by atoms with van der Waals surface area (Å²) in [4.78, 5) is 11.1. The summed E-state index contributed by atoms with van der Waals surface area (Å²) in [5, 5.41) is 30.5. The Bertz CT molecular complexity index is 605. The van der Waals surface area contributed by atoms with Crippen LogP contribution in [0, 0.1) is 46.3 Å². The van der Waals surface area contributed by atoms with Gasteiger partial charge in [-0.05, 0) is 104 Å². The van der Waals surface area contributed by atoms with Crippen molar-refractivity contribution in [3.63, 3.8) is 0 Å². The van der Waals surface area contributed by atoms with Crippen molar-refractivity contribution in [2.24, 2.45) is 46.3 Å². The molecule has 0 saturated heterocycles. The van der Waals surface area contributed by atoms with Crippen LogP contribution in [-0.2, 0) is 4.79 Å². The van der Waals surface area contributed by atoms with Gasteiger partial charge in [0.05, 0.1) is 12.2 Å². The number of fused-ring (bicyclic) bond motifs is 5. The maximum atomic E-state index is 11.2. The molecule has 4 heteroatoms. The number of rotatable bonds is 4. The first kappa shape index (κ1) is 20.7. The Balaban J connectivity index is 1.55. The lowest BCUT2D eigenvalue weighted by Gasteiger charge is -2.62. The zero-order valence-electron chi connectivity index (χ0n) is 17.9. The molecule has 3 N–H and O–H groups in total. The first-order valence-electron chi connectivity index (χ1n) is 11.7. The van der Waals surface area contributed by atoms with Crippen LogP contribution < -0.4 is 0 Å². The molecule has 0 spiro atoms. The number of carboxylic acid groups (broad SMARTS) is 1. The lowest BCUT2D eigenvalue weighted by molar-refractivity contribution is -0.174. The number of aliphatic carboxylic acids is 1. The standard InChI is InChI=1S/C24H40O4/c1-14(4-7-21(27)28)17-5-6-18-22-19(9-11-24(17,18)3)23(2)10-8-16(25)12-15(23)13-20(22)26/h14-20,22,25-26H,4-13H2,1-3H3,(H,27,28)/t14-,15+,16-,17-,18-,19-,20+,22-,23-,24+/m0/s1. The molecule has 0 aromatic rings. The van der Waals surface area contributed by atoms with Gasteiger partial charge in [-0.25, -0.2) is 0 Å². The van der Waals surface area contributed by atoms with Gasteiger partial charge in [0.15, 0.2) is 0 Å². The highest BCUT2D eigenvalue weighted by Crippen LogP contribution is 2.68. The third-order valence-electron chi connectivity index (χ3n) is 10.2. The summed E-state index contributed by atoms with van der Waals surface area (Å²) in [5.41, 5.74) is 0.523. The van der Waals surface area contributed by atoms with Crippen molar-refractivity contribution < 1.29 is 20.1 Å². The Kier molecular flexibility index (Phi) is 5.36. The summed E-state index contributed by atoms with van der Waals surface area (Å²) in [7, 11) is 0. The van der Waals surface area contributed by atoms with Crippen molar-refractivity contribution in [3.8, 4) is 0 Å². The van der Waals surface area contributed by atoms with Crippen molar-refractivity contribution in [2.45, 2.75) is 97.2 Å². The molecule has 10 atom stereocenters. The van der Waals surface area contributed by atoms with E-state index in [0.29, 0.717) is 35.5 Å². The van der Waals surface area contributed by atoms with Gasteiger partial charge in [-0.3, -0.25) is 4.79 Å². The Labute approximate surface area is 170 Å². The fourth-order valence-electron chi connectivity index (χ4n) is 8.73. The molecule has 4 rings (SSSR count). The highest BCUT2D eigenvalue weighted by molar-refractivity contribution is 5.66. The van der Waals surface area contributed by atoms with Gasteiger partial charge in [0.2, 0.25) is 0 Å². The van der Waals surface area contributed by atoms with Crippen LogP contribution in [0.15, 0.2) is 0 Å². The molecule has 0 amide bonds. The van der Waals surface area contributed by atoms with Gasteiger partial charge in [0.1, 0.15) is 0 Å². The molecule has 4 saturated carbocycles. The van der Waals surface area contributed by atoms with E-state index in [0.717, 1.165) is 32.1 Å². The normalized spacial score (nSPS) is 51.7. The number of aliphatic hydroxyl groups is 2. The summed E-state index contributed by atoms with van der Waals surface area (Å²) in [6.07, 6.45) is 9.19. The topological polar surface area (TPSA) is 77.8 Å². The highest BCUT2D eigenvalue weighted by Gasteiger charge is 2.62. The van der Waals surface area contributed by atoms with Crippen LogP contribution >= 0.6 is 0 Å². The van der Waals surface area contributed by atoms with Gasteiger partial charge in [-0.2, -0.15) is 0 Å². The summed E-state index contributed by atoms with van der Waals surface area (Å²) < 4.78 is 0. The summed E-state index contributed by atoms with van der Waals surface area (Å²) in [5.74, 6) is 2.36. The molecule has 160 valence electrons. The number of aliphatic hydroxyl groups excluding tert-OH is 2. The minimum Gasteiger partial charge on any atom is -0.481 e. The second-order valence-electron chi connectivity index (χ2n) is 11.4. The Hall–Kier alpha value is -0.610. The molecular formula is C24H40O4. The molecule has 4 fully saturated rings. The third kappa shape index (κ3) is 3.14. The molecule has 0 heterocycles. The number of carbonyl (C=O) groups is 1. The van der Waals surface area contributed by atoms with Crippen molar-refractivity contribution >= 4 is 5.97 Å². The van der Waals surface area contributed by atoms with Crippen molar-refractivity contribution in [1.29, 1.82) is 0 Å². The van der Waals surface area contributed by atoms with E-state index in [9.17, 15) is 15.0 Å². The van der Waals surface area contributed by atoms with Crippen LogP contribution in [0.4, 0.5) is 0 Å². The summed E-state index contributed by atoms with van der Waals surface area (Å²) >= 11 is 0. The molecule has 0 aromatic heterocycles. The minimum absolute atomic E-state index is 0.179. The van der Waals surface area contributed by atoms with E-state index in [2.05, 4.69) is 20.8 Å². The van der Waals surface area contributed by atoms with Crippen molar-refractivity contribution in [1.82, 2.24) is 0 Å². The molecular weight excluding hydrogens is 352 g/mol. The monoisotopic (exact) mass is 392 g/mol. The number of hydrogen-bond donors (Lipinski definition) is 3. The Morgan fingerprint density at radius 2 is 1.68 bits per heavy atom. The molecule has 4 nitrogen and oxygen atoms in total. The number of carboxylic acids is 1. The maximum absolute atomic E-state index is 11.2. The van der Waals surface area contributed by atoms with E-state index < -0.39 is 5.97 Å². The van der Waals surface area contributed by atoms with Gasteiger partial charge < -0.3 is 15.3 Å². The first-order valence-corrected chi connectivity index (χ1v) is 11.7. The van der Waals surface area contributed by atoms with Gasteiger partial charge >= 0.3 is 5.97 Å². The largest absolute Gasteiger partial charge is 0.481 e. The molecule has 0 unspecified atom stereocenters. The average Bonchev–Trinajstić information content (AvgIpc) is 2.98. The van der Waals surface area contributed by atoms with E-state index >= 15 is 0 Å². The summed E-state index contributed by atoms with van der Waals surface area (Å²) in [6.45, 7) is 7.16. The van der Waals surface area contributed by atoms with Crippen LogP contribution in [0.25, 0.3) is 0 Å². The molecule has 4 aliphatic carbocycles. The quantitative estimate of drug-likeness (QED) is 0.659. The van der Waals surface area contributed by atoms with Crippen LogP contribution in [0.5, 0.6) is 0 Å². The summed E-state index contributed by atoms with van der Waals surface area (Å²) in [6, 6.07) is 0. The second-order valence-corrected chi connectivity index (χ2v) is 11.4. The van der Waals surface area contributed by atoms with Crippen LogP contribution in [0.2, 0.25) is 0 Å². The SMILES string of the molecule is C[C@@H](CCC(=O)O)[C@@H]1CC[C@H]2[C@@H]3[C@H](O)C[C@H]4C[C@@H](O)CC[C@]4(C)[C@H]3CC[C@@]21C. The zero-order chi connectivity index (χ0) is 20.3. The van der Waals surface area contributed by atoms with Crippen LogP contribution in [0.1, 0.15) is 85.0 Å². The third-order valence-corrected chi connectivity index (χ3v) is 10.2. The van der Waals surface area contributed by atoms with Gasteiger partial charge in [0.25, 0.3) is 0 Å². The number of hydrogen-bond acceptors (Lipinski definition) is 3. The second kappa shape index (κ2) is 7.27. The van der Waals surface area contributed by atoms with E-state index in [4.69, 9.17) is 5.11 Å². The lowest BCUT2D eigenvalue weighted by atomic mass is 9.43. The van der Waals surface area contributed by atoms with E-state index in [1.807, 2.05) is 0 Å². The Morgan fingerprint density at radius 1 is 1.00 bits per heavy atom. The fraction of sp³-hybridized carbons (Fsp3) is 0.958. The molecule has 0 bridgehead atoms. The lowest BCUT2D eigenvalue weighted by Crippen LogP contribution is -2.58. The van der Waals surface area contributed by atoms with E-state index in [1.54, 1.807) is 0 Å². The molecule has 0 aliphatic heterocycles. The molecule has 28 heavy (non-hydrogen) atoms. The van der Waals surface area contributed by atoms with Crippen LogP contribution in [0.3, 0.4) is 0 Å². The predicted molar refractivity (Wildman–Crippen MR) is 109 cm³/mol. The Morgan fingerprint density at radius 3 is 2.39 bits per heavy atom. The van der Waals surface area contributed by atoms with Crippen LogP contribution in [-0.4, -0.2) is 33.5 Å². The maximum Gasteiger partial charge on any atom is 0.303 e. The van der Waals surface area contributed by atoms with Gasteiger partial charge in [-0.15, -0.1) is 0 Å². The predicted octanol–water partition coefficient (Wildman–Crippen LogP) is 4.48. The highest BCUT2D eigenvalue weighted by atomic mass is 16.4. The van der Waals surface area contributed by atoms with Gasteiger partial charge in [0, 0.05) is 6.42 Å². The average molecular weight is 393 g/mol. The fourth-order valence-corrected chi connectivity index (χ4v) is 8.73. The zero-order valence-corrected chi connectivity index (χ0v) is 17.9. The van der Waals surface area contributed by atoms with Crippen molar-refractivity contribution in [2.75, 3.05) is 0 Å². The molecule has 0 radical (unpaired) electrons. The molecule has 4 aliphatic rings. The minimum atomic E-state index is -0.684. The molecule has 0 aromatic carbocycles. The van der Waals surface area contributed by atoms with E-state index in [-0.39, 0.29) is 29.5 Å².